The van der Waals surface area contributed by atoms with Crippen molar-refractivity contribution in [1.29, 1.82) is 0 Å². The molecule has 0 aliphatic rings. The minimum absolute atomic E-state index is 0.108. The molecule has 0 saturated carbocycles. The van der Waals surface area contributed by atoms with Crippen LogP contribution in [0, 0.1) is 0 Å². The van der Waals surface area contributed by atoms with Gasteiger partial charge in [0, 0.05) is 73.1 Å². The molecule has 0 radical (unpaired) electrons. The number of fused-ring (bicyclic) bond motifs is 2. The van der Waals surface area contributed by atoms with E-state index in [0.717, 1.165) is 7.94 Å². The van der Waals surface area contributed by atoms with Crippen molar-refractivity contribution in [2.75, 3.05) is 14.1 Å². The number of ketones is 2. The van der Waals surface area contributed by atoms with E-state index in [0.29, 0.717) is 27.5 Å². The van der Waals surface area contributed by atoms with Crippen LogP contribution in [0.5, 0.6) is 0 Å². The van der Waals surface area contributed by atoms with E-state index in [4.69, 9.17) is 0 Å². The molecule has 2 aromatic carbocycles. The second kappa shape index (κ2) is 12.9. The van der Waals surface area contributed by atoms with Gasteiger partial charge in [-0.15, -0.1) is 0 Å². The van der Waals surface area contributed by atoms with Crippen molar-refractivity contribution >= 4 is 53.7 Å². The maximum Gasteiger partial charge on any atom is 0.269 e. The highest BCUT2D eigenvalue weighted by atomic mass is 32.2. The first-order valence-electron chi connectivity index (χ1n) is 13.8. The molecule has 0 fully saturated rings. The molecule has 234 valence electrons. The van der Waals surface area contributed by atoms with Gasteiger partial charge in [0.1, 0.15) is 0 Å². The Morgan fingerprint density at radius 1 is 0.674 bits per heavy atom. The molecule has 0 unspecified atom stereocenters. The van der Waals surface area contributed by atoms with Crippen molar-refractivity contribution in [2.45, 2.75) is 16.7 Å². The monoisotopic (exact) mass is 655 g/mol. The van der Waals surface area contributed by atoms with Gasteiger partial charge in [-0.3, -0.25) is 9.59 Å². The third-order valence-electron chi connectivity index (χ3n) is 6.80. The van der Waals surface area contributed by atoms with E-state index in [1.54, 1.807) is 71.8 Å². The van der Waals surface area contributed by atoms with Crippen LogP contribution in [-0.4, -0.2) is 65.3 Å². The van der Waals surface area contributed by atoms with Crippen LogP contribution in [0.15, 0.2) is 132 Å². The lowest BCUT2D eigenvalue weighted by Crippen LogP contribution is -2.12. The van der Waals surface area contributed by atoms with Gasteiger partial charge >= 0.3 is 0 Å². The standard InChI is InChI=1S/C18H17N3O3S.C15H12N2O3S/c1-20(2)10-9-17(22)15-12-14-8-11-21(18(14)19-13-15)25(23,24)16-6-4-3-5-7-16;1-11(18)13-9-12-7-8-17(15(12)16-10-13)21(19,20)14-5-3-2-4-6-14/h3-13H,1-2H3;2-10H,1H3/b10-9+;. The Morgan fingerprint density at radius 3 is 1.54 bits per heavy atom. The molecule has 13 heteroatoms. The van der Waals surface area contributed by atoms with Crippen LogP contribution < -0.4 is 0 Å². The number of Topliss-reactive ketones (excluding diaryl/α,β-unsaturated/α-hetero) is 1. The van der Waals surface area contributed by atoms with Gasteiger partial charge in [0.2, 0.25) is 0 Å². The molecule has 46 heavy (non-hydrogen) atoms. The number of hydrogen-bond acceptors (Lipinski definition) is 9. The summed E-state index contributed by atoms with van der Waals surface area (Å²) in [6.07, 6.45) is 8.77. The summed E-state index contributed by atoms with van der Waals surface area (Å²) in [5.41, 5.74) is 1.46. The average molecular weight is 656 g/mol. The van der Waals surface area contributed by atoms with Gasteiger partial charge in [-0.2, -0.15) is 0 Å². The van der Waals surface area contributed by atoms with E-state index < -0.39 is 20.0 Å². The zero-order valence-corrected chi connectivity index (χ0v) is 26.7. The molecule has 0 aliphatic carbocycles. The maximum absolute atomic E-state index is 12.7. The third kappa shape index (κ3) is 6.50. The highest BCUT2D eigenvalue weighted by molar-refractivity contribution is 7.90. The van der Waals surface area contributed by atoms with Gasteiger partial charge in [0.05, 0.1) is 9.79 Å². The fourth-order valence-electron chi connectivity index (χ4n) is 4.44. The van der Waals surface area contributed by atoms with Crippen LogP contribution in [0.25, 0.3) is 22.1 Å². The number of aromatic nitrogens is 4. The summed E-state index contributed by atoms with van der Waals surface area (Å²) in [5.74, 6) is -0.301. The second-order valence-corrected chi connectivity index (χ2v) is 14.0. The number of carbonyl (C=O) groups excluding carboxylic acids is 2. The zero-order chi connectivity index (χ0) is 33.1. The van der Waals surface area contributed by atoms with E-state index in [-0.39, 0.29) is 27.0 Å². The first kappa shape index (κ1) is 32.0. The summed E-state index contributed by atoms with van der Waals surface area (Å²) in [4.78, 5) is 33.9. The number of pyridine rings is 2. The summed E-state index contributed by atoms with van der Waals surface area (Å²) in [7, 11) is -3.78. The molecule has 0 N–H and O–H groups in total. The van der Waals surface area contributed by atoms with E-state index in [2.05, 4.69) is 9.97 Å². The van der Waals surface area contributed by atoms with Crippen LogP contribution in [0.3, 0.4) is 0 Å². The predicted octanol–water partition coefficient (Wildman–Crippen LogP) is 5.01. The number of hydrogen-bond donors (Lipinski definition) is 0. The van der Waals surface area contributed by atoms with Gasteiger partial charge in [-0.25, -0.2) is 34.7 Å². The second-order valence-electron chi connectivity index (χ2n) is 10.3. The fraction of sp³-hybridized carbons (Fsp3) is 0.0909. The number of carbonyl (C=O) groups is 2. The molecule has 0 spiro atoms. The van der Waals surface area contributed by atoms with Crippen molar-refractivity contribution in [3.8, 4) is 0 Å². The molecule has 11 nitrogen and oxygen atoms in total. The number of nitrogens with zero attached hydrogens (tertiary/aromatic N) is 5. The largest absolute Gasteiger partial charge is 0.383 e. The minimum atomic E-state index is -3.73. The Morgan fingerprint density at radius 2 is 1.11 bits per heavy atom. The Bertz CT molecular complexity index is 2310. The molecule has 0 aliphatic heterocycles. The quantitative estimate of drug-likeness (QED) is 0.163. The summed E-state index contributed by atoms with van der Waals surface area (Å²) >= 11 is 0. The highest BCUT2D eigenvalue weighted by Crippen LogP contribution is 2.23. The Hall–Kier alpha value is -5.40. The Kier molecular flexibility index (Phi) is 8.98. The lowest BCUT2D eigenvalue weighted by molar-refractivity contribution is 0.101. The van der Waals surface area contributed by atoms with Crippen LogP contribution in [0.2, 0.25) is 0 Å². The summed E-state index contributed by atoms with van der Waals surface area (Å²) < 4.78 is 52.9. The van der Waals surface area contributed by atoms with Crippen molar-refractivity contribution in [3.63, 3.8) is 0 Å². The van der Waals surface area contributed by atoms with Gasteiger partial charge in [0.15, 0.2) is 22.9 Å². The smallest absolute Gasteiger partial charge is 0.269 e. The molecule has 0 saturated heterocycles. The Labute approximate surface area is 266 Å². The lowest BCUT2D eigenvalue weighted by Gasteiger charge is -2.07. The molecule has 4 aromatic heterocycles. The minimum Gasteiger partial charge on any atom is -0.383 e. The normalized spacial score (nSPS) is 11.8. The van der Waals surface area contributed by atoms with Crippen LogP contribution >= 0.6 is 0 Å². The summed E-state index contributed by atoms with van der Waals surface area (Å²) in [5, 5.41) is 1.20. The van der Waals surface area contributed by atoms with Gasteiger partial charge in [0.25, 0.3) is 20.0 Å². The number of allylic oxidation sites excluding steroid dienone is 1. The third-order valence-corrected chi connectivity index (χ3v) is 10.2. The molecular formula is C33H29N5O6S2. The number of rotatable bonds is 8. The SMILES string of the molecule is CC(=O)c1cnc2c(ccn2S(=O)(=O)c2ccccc2)c1.CN(C)/C=C/C(=O)c1cnc2c(ccn2S(=O)(=O)c2ccccc2)c1. The molecule has 6 aromatic rings. The average Bonchev–Trinajstić information content (AvgIpc) is 3.69. The van der Waals surface area contributed by atoms with Gasteiger partial charge in [-0.05, 0) is 55.5 Å². The maximum atomic E-state index is 12.7. The van der Waals surface area contributed by atoms with Gasteiger partial charge in [-0.1, -0.05) is 36.4 Å². The van der Waals surface area contributed by atoms with Crippen molar-refractivity contribution in [1.82, 2.24) is 22.8 Å². The molecule has 4 heterocycles. The van der Waals surface area contributed by atoms with E-state index in [1.807, 2.05) is 14.1 Å². The number of benzene rings is 2. The summed E-state index contributed by atoms with van der Waals surface area (Å²) in [6, 6.07) is 22.9. The van der Waals surface area contributed by atoms with Crippen LogP contribution in [-0.2, 0) is 20.0 Å². The molecule has 0 atom stereocenters. The highest BCUT2D eigenvalue weighted by Gasteiger charge is 2.21. The topological polar surface area (TPSA) is 141 Å². The fourth-order valence-corrected chi connectivity index (χ4v) is 7.10. The van der Waals surface area contributed by atoms with Crippen molar-refractivity contribution in [3.05, 3.63) is 133 Å². The molecule has 0 amide bonds. The molecule has 0 bridgehead atoms. The predicted molar refractivity (Wildman–Crippen MR) is 175 cm³/mol. The summed E-state index contributed by atoms with van der Waals surface area (Å²) in [6.45, 7) is 1.44. The first-order chi connectivity index (χ1) is 21.9. The van der Waals surface area contributed by atoms with Crippen molar-refractivity contribution < 1.29 is 26.4 Å². The van der Waals surface area contributed by atoms with Crippen LogP contribution in [0.4, 0.5) is 0 Å². The lowest BCUT2D eigenvalue weighted by atomic mass is 10.1. The molecular weight excluding hydrogens is 627 g/mol. The van der Waals surface area contributed by atoms with Crippen molar-refractivity contribution in [2.24, 2.45) is 0 Å². The molecule has 6 rings (SSSR count). The Balaban J connectivity index is 0.000000184. The van der Waals surface area contributed by atoms with E-state index >= 15 is 0 Å². The van der Waals surface area contributed by atoms with E-state index in [9.17, 15) is 26.4 Å². The van der Waals surface area contributed by atoms with E-state index in [1.165, 1.54) is 62.1 Å². The zero-order valence-electron chi connectivity index (χ0n) is 25.0. The van der Waals surface area contributed by atoms with Gasteiger partial charge < -0.3 is 4.90 Å². The first-order valence-corrected chi connectivity index (χ1v) is 16.7. The van der Waals surface area contributed by atoms with Crippen LogP contribution in [0.1, 0.15) is 27.6 Å².